The molecule has 0 aromatic rings. The van der Waals surface area contributed by atoms with Crippen LogP contribution in [0.5, 0.6) is 0 Å². The predicted octanol–water partition coefficient (Wildman–Crippen LogP) is 1.48. The number of nitriles is 1. The minimum atomic E-state index is -3.30. The van der Waals surface area contributed by atoms with Gasteiger partial charge in [-0.3, -0.25) is 0 Å². The van der Waals surface area contributed by atoms with Gasteiger partial charge in [0, 0.05) is 0 Å². The minimum Gasteiger partial charge on any atom is -0.223 e. The molecule has 0 rings (SSSR count). The molecule has 0 aromatic carbocycles. The SMILES string of the molecule is C=C(C#N)S(=O)(=O)CC.CC. The van der Waals surface area contributed by atoms with E-state index in [9.17, 15) is 8.42 Å². The smallest absolute Gasteiger partial charge is 0.187 e. The number of hydrogen-bond donors (Lipinski definition) is 0. The fourth-order valence-corrected chi connectivity index (χ4v) is 0.731. The molecule has 0 atom stereocenters. The Morgan fingerprint density at radius 3 is 2.00 bits per heavy atom. The number of sulfone groups is 1. The zero-order chi connectivity index (χ0) is 9.49. The fraction of sp³-hybridized carbons (Fsp3) is 0.571. The number of allylic oxidation sites excluding steroid dienone is 1. The van der Waals surface area contributed by atoms with Gasteiger partial charge in [0.2, 0.25) is 0 Å². The van der Waals surface area contributed by atoms with Gasteiger partial charge < -0.3 is 0 Å². The lowest BCUT2D eigenvalue weighted by Gasteiger charge is -1.91. The van der Waals surface area contributed by atoms with Gasteiger partial charge in [-0.05, 0) is 0 Å². The van der Waals surface area contributed by atoms with Gasteiger partial charge in [-0.15, -0.1) is 0 Å². The third-order valence-corrected chi connectivity index (χ3v) is 2.48. The molecule has 0 fully saturated rings. The van der Waals surface area contributed by atoms with Crippen LogP contribution in [0.15, 0.2) is 11.5 Å². The van der Waals surface area contributed by atoms with Crippen LogP contribution in [-0.4, -0.2) is 14.2 Å². The Kier molecular flexibility index (Phi) is 6.91. The second-order valence-electron chi connectivity index (χ2n) is 1.44. The van der Waals surface area contributed by atoms with Crippen molar-refractivity contribution in [3.8, 4) is 6.07 Å². The van der Waals surface area contributed by atoms with E-state index in [0.29, 0.717) is 0 Å². The molecule has 0 aliphatic heterocycles. The molecule has 0 bridgehead atoms. The Bertz CT molecular complexity index is 246. The molecule has 64 valence electrons. The van der Waals surface area contributed by atoms with Gasteiger partial charge in [0.15, 0.2) is 9.84 Å². The van der Waals surface area contributed by atoms with Gasteiger partial charge in [-0.1, -0.05) is 27.4 Å². The third-order valence-electron chi connectivity index (χ3n) is 0.880. The molecule has 0 heterocycles. The Labute approximate surface area is 68.3 Å². The monoisotopic (exact) mass is 175 g/mol. The molecular weight excluding hydrogens is 162 g/mol. The molecule has 0 aromatic heterocycles. The first kappa shape index (κ1) is 12.8. The highest BCUT2D eigenvalue weighted by Crippen LogP contribution is 2.00. The first-order chi connectivity index (χ1) is 5.04. The lowest BCUT2D eigenvalue weighted by Crippen LogP contribution is -2.03. The first-order valence-electron chi connectivity index (χ1n) is 3.36. The van der Waals surface area contributed by atoms with Crippen molar-refractivity contribution < 1.29 is 8.42 Å². The van der Waals surface area contributed by atoms with Crippen molar-refractivity contribution in [2.75, 3.05) is 5.75 Å². The maximum Gasteiger partial charge on any atom is 0.187 e. The Hall–Kier alpha value is -0.820. The van der Waals surface area contributed by atoms with Gasteiger partial charge in [-0.2, -0.15) is 5.26 Å². The van der Waals surface area contributed by atoms with E-state index in [1.807, 2.05) is 13.8 Å². The molecule has 0 spiro atoms. The quantitative estimate of drug-likeness (QED) is 0.597. The lowest BCUT2D eigenvalue weighted by atomic mass is 10.7. The number of rotatable bonds is 2. The van der Waals surface area contributed by atoms with E-state index in [2.05, 4.69) is 6.58 Å². The molecule has 0 aliphatic carbocycles. The molecule has 0 amide bonds. The van der Waals surface area contributed by atoms with Crippen LogP contribution in [0.1, 0.15) is 20.8 Å². The highest BCUT2D eigenvalue weighted by atomic mass is 32.2. The van der Waals surface area contributed by atoms with Crippen LogP contribution < -0.4 is 0 Å². The molecule has 0 aliphatic rings. The molecule has 3 nitrogen and oxygen atoms in total. The molecule has 4 heteroatoms. The molecular formula is C7H13NO2S. The maximum absolute atomic E-state index is 10.6. The summed E-state index contributed by atoms with van der Waals surface area (Å²) in [7, 11) is -3.30. The average molecular weight is 175 g/mol. The van der Waals surface area contributed by atoms with E-state index in [-0.39, 0.29) is 10.7 Å². The van der Waals surface area contributed by atoms with Crippen molar-refractivity contribution >= 4 is 9.84 Å². The van der Waals surface area contributed by atoms with Crippen LogP contribution in [0, 0.1) is 11.3 Å². The van der Waals surface area contributed by atoms with Gasteiger partial charge in [0.05, 0.1) is 5.75 Å². The summed E-state index contributed by atoms with van der Waals surface area (Å²) >= 11 is 0. The number of nitrogens with zero attached hydrogens (tertiary/aromatic N) is 1. The predicted molar refractivity (Wildman–Crippen MR) is 45.6 cm³/mol. The van der Waals surface area contributed by atoms with E-state index in [1.165, 1.54) is 13.0 Å². The van der Waals surface area contributed by atoms with E-state index in [0.717, 1.165) is 0 Å². The summed E-state index contributed by atoms with van der Waals surface area (Å²) in [6.07, 6.45) is 0. The van der Waals surface area contributed by atoms with Gasteiger partial charge >= 0.3 is 0 Å². The van der Waals surface area contributed by atoms with Gasteiger partial charge in [0.1, 0.15) is 11.0 Å². The number of hydrogen-bond acceptors (Lipinski definition) is 3. The van der Waals surface area contributed by atoms with Crippen molar-refractivity contribution in [3.63, 3.8) is 0 Å². The zero-order valence-electron chi connectivity index (χ0n) is 7.09. The van der Waals surface area contributed by atoms with E-state index in [4.69, 9.17) is 5.26 Å². The molecule has 11 heavy (non-hydrogen) atoms. The zero-order valence-corrected chi connectivity index (χ0v) is 7.90. The van der Waals surface area contributed by atoms with E-state index in [1.54, 1.807) is 0 Å². The molecule has 0 radical (unpaired) electrons. The summed E-state index contributed by atoms with van der Waals surface area (Å²) in [5.41, 5.74) is 0. The fourth-order valence-electron chi connectivity index (χ4n) is 0.244. The largest absolute Gasteiger partial charge is 0.223 e. The topological polar surface area (TPSA) is 57.9 Å². The first-order valence-corrected chi connectivity index (χ1v) is 5.01. The summed E-state index contributed by atoms with van der Waals surface area (Å²) in [5, 5.41) is 8.07. The normalized spacial score (nSPS) is 8.91. The van der Waals surface area contributed by atoms with E-state index >= 15 is 0 Å². The van der Waals surface area contributed by atoms with Crippen molar-refractivity contribution in [3.05, 3.63) is 11.5 Å². The molecule has 0 saturated heterocycles. The molecule has 0 saturated carbocycles. The Balaban J connectivity index is 0. The van der Waals surface area contributed by atoms with Crippen LogP contribution >= 0.6 is 0 Å². The standard InChI is InChI=1S/C5H7NO2S.C2H6/c1-3-9(7,8)5(2)4-6;1-2/h2-3H2,1H3;1-2H3. The highest BCUT2D eigenvalue weighted by Gasteiger charge is 2.10. The Morgan fingerprint density at radius 2 is 1.91 bits per heavy atom. The minimum absolute atomic E-state index is 0.0562. The summed E-state index contributed by atoms with van der Waals surface area (Å²) in [6, 6.07) is 1.47. The molecule has 0 unspecified atom stereocenters. The van der Waals surface area contributed by atoms with Gasteiger partial charge in [0.25, 0.3) is 0 Å². The summed E-state index contributed by atoms with van der Waals surface area (Å²) in [5.74, 6) is -0.0562. The second-order valence-corrected chi connectivity index (χ2v) is 3.74. The van der Waals surface area contributed by atoms with Gasteiger partial charge in [-0.25, -0.2) is 8.42 Å². The second kappa shape index (κ2) is 5.93. The summed E-state index contributed by atoms with van der Waals surface area (Å²) in [4.78, 5) is -0.356. The van der Waals surface area contributed by atoms with Crippen LogP contribution in [0.2, 0.25) is 0 Å². The summed E-state index contributed by atoms with van der Waals surface area (Å²) < 4.78 is 21.2. The van der Waals surface area contributed by atoms with Crippen molar-refractivity contribution in [2.24, 2.45) is 0 Å². The Morgan fingerprint density at radius 1 is 1.55 bits per heavy atom. The maximum atomic E-state index is 10.6. The average Bonchev–Trinajstić information content (AvgIpc) is 2.06. The van der Waals surface area contributed by atoms with Crippen LogP contribution in [0.4, 0.5) is 0 Å². The van der Waals surface area contributed by atoms with Crippen molar-refractivity contribution in [1.29, 1.82) is 5.26 Å². The van der Waals surface area contributed by atoms with Crippen LogP contribution in [0.3, 0.4) is 0 Å². The summed E-state index contributed by atoms with van der Waals surface area (Å²) in [6.45, 7) is 8.54. The van der Waals surface area contributed by atoms with Crippen LogP contribution in [-0.2, 0) is 9.84 Å². The highest BCUT2D eigenvalue weighted by molar-refractivity contribution is 7.95. The van der Waals surface area contributed by atoms with Crippen molar-refractivity contribution in [2.45, 2.75) is 20.8 Å². The lowest BCUT2D eigenvalue weighted by molar-refractivity contribution is 0.604. The third kappa shape index (κ3) is 4.57. The van der Waals surface area contributed by atoms with Crippen LogP contribution in [0.25, 0.3) is 0 Å². The molecule has 0 N–H and O–H groups in total. The van der Waals surface area contributed by atoms with E-state index < -0.39 is 9.84 Å². The van der Waals surface area contributed by atoms with Crippen molar-refractivity contribution in [1.82, 2.24) is 0 Å².